The largest absolute Gasteiger partial charge is 0.457 e. The zero-order valence-electron chi connectivity index (χ0n) is 11.3. The lowest BCUT2D eigenvalue weighted by atomic mass is 10.1. The standard InChI is InChI=1S/C18H13BrO2/c19-17-11-4-3-10-16(17)18(20)21-12-14-8-5-7-13-6-1-2-9-15(13)14/h1-11H,12H2. The van der Waals surface area contributed by atoms with Crippen molar-refractivity contribution in [1.82, 2.24) is 0 Å². The SMILES string of the molecule is O=C(OCc1cccc2ccccc12)c1ccccc1Br. The molecule has 0 fully saturated rings. The summed E-state index contributed by atoms with van der Waals surface area (Å²) in [6, 6.07) is 21.3. The zero-order valence-corrected chi connectivity index (χ0v) is 12.8. The highest BCUT2D eigenvalue weighted by Gasteiger charge is 2.11. The van der Waals surface area contributed by atoms with Gasteiger partial charge in [0.2, 0.25) is 0 Å². The number of esters is 1. The van der Waals surface area contributed by atoms with Crippen LogP contribution in [-0.4, -0.2) is 5.97 Å². The molecule has 3 heteroatoms. The van der Waals surface area contributed by atoms with E-state index in [1.807, 2.05) is 48.5 Å². The Morgan fingerprint density at radius 3 is 2.48 bits per heavy atom. The van der Waals surface area contributed by atoms with E-state index in [9.17, 15) is 4.79 Å². The van der Waals surface area contributed by atoms with Crippen molar-refractivity contribution in [3.8, 4) is 0 Å². The average Bonchev–Trinajstić information content (AvgIpc) is 2.53. The number of halogens is 1. The lowest BCUT2D eigenvalue weighted by molar-refractivity contribution is 0.0473. The van der Waals surface area contributed by atoms with Crippen molar-refractivity contribution in [2.24, 2.45) is 0 Å². The van der Waals surface area contributed by atoms with Crippen LogP contribution in [0, 0.1) is 0 Å². The van der Waals surface area contributed by atoms with E-state index >= 15 is 0 Å². The summed E-state index contributed by atoms with van der Waals surface area (Å²) in [4.78, 5) is 12.1. The van der Waals surface area contributed by atoms with Crippen LogP contribution in [0.1, 0.15) is 15.9 Å². The third-order valence-corrected chi connectivity index (χ3v) is 4.02. The summed E-state index contributed by atoms with van der Waals surface area (Å²) in [6.07, 6.45) is 0. The number of fused-ring (bicyclic) bond motifs is 1. The van der Waals surface area contributed by atoms with Crippen molar-refractivity contribution < 1.29 is 9.53 Å². The Balaban J connectivity index is 1.81. The van der Waals surface area contributed by atoms with Gasteiger partial charge in [-0.1, -0.05) is 54.6 Å². The lowest BCUT2D eigenvalue weighted by Gasteiger charge is -2.09. The number of benzene rings is 3. The number of ether oxygens (including phenoxy) is 1. The smallest absolute Gasteiger partial charge is 0.339 e. The number of rotatable bonds is 3. The van der Waals surface area contributed by atoms with Gasteiger partial charge in [-0.3, -0.25) is 0 Å². The molecule has 3 aromatic rings. The summed E-state index contributed by atoms with van der Waals surface area (Å²) in [7, 11) is 0. The normalized spacial score (nSPS) is 10.5. The summed E-state index contributed by atoms with van der Waals surface area (Å²) in [6.45, 7) is 0.265. The molecule has 0 aliphatic rings. The van der Waals surface area contributed by atoms with Gasteiger partial charge in [0, 0.05) is 4.47 Å². The molecular formula is C18H13BrO2. The molecule has 104 valence electrons. The van der Waals surface area contributed by atoms with Gasteiger partial charge in [0.25, 0.3) is 0 Å². The first-order chi connectivity index (χ1) is 10.3. The van der Waals surface area contributed by atoms with Crippen molar-refractivity contribution in [3.05, 3.63) is 82.3 Å². The highest BCUT2D eigenvalue weighted by molar-refractivity contribution is 9.10. The molecule has 21 heavy (non-hydrogen) atoms. The molecule has 0 unspecified atom stereocenters. The number of hydrogen-bond acceptors (Lipinski definition) is 2. The average molecular weight is 341 g/mol. The monoisotopic (exact) mass is 340 g/mol. The summed E-state index contributed by atoms with van der Waals surface area (Å²) < 4.78 is 6.18. The predicted molar refractivity (Wildman–Crippen MR) is 87.2 cm³/mol. The molecule has 0 atom stereocenters. The van der Waals surface area contributed by atoms with Crippen LogP contribution in [-0.2, 0) is 11.3 Å². The number of hydrogen-bond donors (Lipinski definition) is 0. The molecule has 0 aliphatic heterocycles. The van der Waals surface area contributed by atoms with E-state index in [-0.39, 0.29) is 12.6 Å². The second-order valence-corrected chi connectivity index (χ2v) is 5.55. The van der Waals surface area contributed by atoms with Crippen molar-refractivity contribution in [2.75, 3.05) is 0 Å². The van der Waals surface area contributed by atoms with Gasteiger partial charge in [-0.05, 0) is 44.4 Å². The van der Waals surface area contributed by atoms with E-state index in [0.717, 1.165) is 20.8 Å². The first-order valence-electron chi connectivity index (χ1n) is 6.64. The molecule has 0 spiro atoms. The maximum Gasteiger partial charge on any atom is 0.339 e. The third-order valence-electron chi connectivity index (χ3n) is 3.33. The molecule has 0 bridgehead atoms. The fraction of sp³-hybridized carbons (Fsp3) is 0.0556. The molecule has 0 heterocycles. The Hall–Kier alpha value is -2.13. The van der Waals surface area contributed by atoms with Gasteiger partial charge in [-0.25, -0.2) is 4.79 Å². The van der Waals surface area contributed by atoms with E-state index in [2.05, 4.69) is 28.1 Å². The molecule has 0 saturated heterocycles. The Kier molecular flexibility index (Phi) is 4.02. The topological polar surface area (TPSA) is 26.3 Å². The first kappa shape index (κ1) is 13.8. The van der Waals surface area contributed by atoms with Crippen LogP contribution < -0.4 is 0 Å². The minimum Gasteiger partial charge on any atom is -0.457 e. The van der Waals surface area contributed by atoms with Crippen LogP contribution in [0.5, 0.6) is 0 Å². The first-order valence-corrected chi connectivity index (χ1v) is 7.43. The molecule has 0 aliphatic carbocycles. The quantitative estimate of drug-likeness (QED) is 0.630. The van der Waals surface area contributed by atoms with Crippen LogP contribution in [0.4, 0.5) is 0 Å². The van der Waals surface area contributed by atoms with Gasteiger partial charge in [0.15, 0.2) is 0 Å². The van der Waals surface area contributed by atoms with E-state index in [4.69, 9.17) is 4.74 Å². The number of carbonyl (C=O) groups excluding carboxylic acids is 1. The van der Waals surface area contributed by atoms with Crippen LogP contribution in [0.25, 0.3) is 10.8 Å². The van der Waals surface area contributed by atoms with Crippen molar-refractivity contribution in [3.63, 3.8) is 0 Å². The van der Waals surface area contributed by atoms with Gasteiger partial charge in [0.05, 0.1) is 5.56 Å². The van der Waals surface area contributed by atoms with Crippen molar-refractivity contribution in [1.29, 1.82) is 0 Å². The highest BCUT2D eigenvalue weighted by Crippen LogP contribution is 2.21. The van der Waals surface area contributed by atoms with Gasteiger partial charge in [-0.2, -0.15) is 0 Å². The maximum atomic E-state index is 12.1. The molecule has 3 rings (SSSR count). The summed E-state index contributed by atoms with van der Waals surface area (Å²) in [5.74, 6) is -0.324. The molecule has 0 amide bonds. The van der Waals surface area contributed by atoms with Crippen LogP contribution >= 0.6 is 15.9 Å². The van der Waals surface area contributed by atoms with E-state index in [0.29, 0.717) is 5.56 Å². The van der Waals surface area contributed by atoms with Crippen molar-refractivity contribution in [2.45, 2.75) is 6.61 Å². The zero-order chi connectivity index (χ0) is 14.7. The third kappa shape index (κ3) is 2.98. The van der Waals surface area contributed by atoms with Gasteiger partial charge in [-0.15, -0.1) is 0 Å². The molecule has 0 N–H and O–H groups in total. The molecule has 0 radical (unpaired) electrons. The van der Waals surface area contributed by atoms with E-state index in [1.54, 1.807) is 6.07 Å². The Labute approximate surface area is 131 Å². The van der Waals surface area contributed by atoms with Crippen LogP contribution in [0.3, 0.4) is 0 Å². The maximum absolute atomic E-state index is 12.1. The van der Waals surface area contributed by atoms with Crippen molar-refractivity contribution >= 4 is 32.7 Å². The summed E-state index contributed by atoms with van der Waals surface area (Å²) >= 11 is 3.36. The summed E-state index contributed by atoms with van der Waals surface area (Å²) in [5.41, 5.74) is 1.55. The predicted octanol–water partition coefficient (Wildman–Crippen LogP) is 4.96. The van der Waals surface area contributed by atoms with Gasteiger partial charge in [0.1, 0.15) is 6.61 Å². The van der Waals surface area contributed by atoms with Gasteiger partial charge >= 0.3 is 5.97 Å². The molecule has 2 nitrogen and oxygen atoms in total. The second-order valence-electron chi connectivity index (χ2n) is 4.69. The summed E-state index contributed by atoms with van der Waals surface area (Å²) in [5, 5.41) is 2.26. The van der Waals surface area contributed by atoms with Crippen LogP contribution in [0.15, 0.2) is 71.2 Å². The van der Waals surface area contributed by atoms with Crippen LogP contribution in [0.2, 0.25) is 0 Å². The van der Waals surface area contributed by atoms with E-state index in [1.165, 1.54) is 0 Å². The molecule has 0 saturated carbocycles. The Morgan fingerprint density at radius 1 is 0.905 bits per heavy atom. The minimum absolute atomic E-state index is 0.265. The fourth-order valence-electron chi connectivity index (χ4n) is 2.27. The highest BCUT2D eigenvalue weighted by atomic mass is 79.9. The second kappa shape index (κ2) is 6.10. The number of carbonyl (C=O) groups is 1. The van der Waals surface area contributed by atoms with E-state index < -0.39 is 0 Å². The Bertz CT molecular complexity index is 791. The Morgan fingerprint density at radius 2 is 1.62 bits per heavy atom. The minimum atomic E-state index is -0.324. The molecular weight excluding hydrogens is 328 g/mol. The van der Waals surface area contributed by atoms with Gasteiger partial charge < -0.3 is 4.74 Å². The molecule has 0 aromatic heterocycles. The fourth-order valence-corrected chi connectivity index (χ4v) is 2.71. The molecule has 3 aromatic carbocycles. The lowest BCUT2D eigenvalue weighted by Crippen LogP contribution is -2.06.